The first-order valence-corrected chi connectivity index (χ1v) is 5.88. The van der Waals surface area contributed by atoms with Gasteiger partial charge in [0.1, 0.15) is 0 Å². The molecule has 1 amide bonds. The third-order valence-electron chi connectivity index (χ3n) is 2.76. The first-order valence-electron chi connectivity index (χ1n) is 5.88. The van der Waals surface area contributed by atoms with E-state index in [1.54, 1.807) is 0 Å². The summed E-state index contributed by atoms with van der Waals surface area (Å²) in [5.74, 6) is -0.293. The van der Waals surface area contributed by atoms with Crippen molar-refractivity contribution >= 4 is 11.6 Å². The Kier molecular flexibility index (Phi) is 4.96. The van der Waals surface area contributed by atoms with Crippen LogP contribution in [0.1, 0.15) is 42.9 Å². The topological polar surface area (TPSA) is 104 Å². The molecule has 0 radical (unpaired) electrons. The number of rotatable bonds is 6. The van der Waals surface area contributed by atoms with Gasteiger partial charge in [-0.1, -0.05) is 13.8 Å². The number of nitrogens with zero attached hydrogens (tertiary/aromatic N) is 1. The number of anilines is 1. The van der Waals surface area contributed by atoms with Crippen LogP contribution in [0.25, 0.3) is 0 Å². The second-order valence-electron chi connectivity index (χ2n) is 3.91. The lowest BCUT2D eigenvalue weighted by molar-refractivity contribution is 0.0925. The Hall–Kier alpha value is -1.56. The molecule has 0 aliphatic carbocycles. The molecule has 0 saturated carbocycles. The Labute approximate surface area is 101 Å². The highest BCUT2D eigenvalue weighted by Gasteiger charge is 2.18. The molecule has 0 fully saturated rings. The Bertz CT molecular complexity index is 376. The molecule has 6 heteroatoms. The van der Waals surface area contributed by atoms with Crippen LogP contribution >= 0.6 is 0 Å². The van der Waals surface area contributed by atoms with Crippen molar-refractivity contribution < 1.29 is 9.90 Å². The van der Waals surface area contributed by atoms with Crippen molar-refractivity contribution in [2.75, 3.05) is 12.3 Å². The summed E-state index contributed by atoms with van der Waals surface area (Å²) >= 11 is 0. The first kappa shape index (κ1) is 13.5. The van der Waals surface area contributed by atoms with Gasteiger partial charge in [-0.15, -0.1) is 0 Å². The van der Waals surface area contributed by atoms with Crippen LogP contribution in [0.5, 0.6) is 0 Å². The van der Waals surface area contributed by atoms with Crippen molar-refractivity contribution in [2.24, 2.45) is 0 Å². The zero-order valence-electron chi connectivity index (χ0n) is 10.3. The number of hydrogen-bond acceptors (Lipinski definition) is 4. The molecule has 0 aliphatic rings. The van der Waals surface area contributed by atoms with Crippen molar-refractivity contribution in [3.63, 3.8) is 0 Å². The molecule has 1 rings (SSSR count). The number of nitrogens with one attached hydrogen (secondary N) is 2. The van der Waals surface area contributed by atoms with Gasteiger partial charge in [-0.05, 0) is 19.3 Å². The van der Waals surface area contributed by atoms with Crippen molar-refractivity contribution in [1.82, 2.24) is 15.5 Å². The Balaban J connectivity index is 2.72. The lowest BCUT2D eigenvalue weighted by atomic mass is 10.1. The number of carbonyl (C=O) groups is 1. The number of aliphatic hydroxyl groups is 1. The van der Waals surface area contributed by atoms with Gasteiger partial charge in [0.2, 0.25) is 0 Å². The second kappa shape index (κ2) is 6.24. The summed E-state index contributed by atoms with van der Waals surface area (Å²) in [4.78, 5) is 11.9. The molecule has 6 nitrogen and oxygen atoms in total. The predicted octanol–water partition coefficient (Wildman–Crippen LogP) is 0.445. The molecule has 1 unspecified atom stereocenters. The molecule has 17 heavy (non-hydrogen) atoms. The van der Waals surface area contributed by atoms with Crippen LogP contribution in [0.3, 0.4) is 0 Å². The fraction of sp³-hybridized carbons (Fsp3) is 0.636. The lowest BCUT2D eigenvalue weighted by Gasteiger charge is -2.14. The lowest BCUT2D eigenvalue weighted by Crippen LogP contribution is -2.35. The first-order chi connectivity index (χ1) is 8.13. The monoisotopic (exact) mass is 240 g/mol. The Morgan fingerprint density at radius 2 is 2.29 bits per heavy atom. The van der Waals surface area contributed by atoms with E-state index in [-0.39, 0.29) is 24.2 Å². The van der Waals surface area contributed by atoms with E-state index in [4.69, 9.17) is 10.8 Å². The second-order valence-corrected chi connectivity index (χ2v) is 3.91. The number of carbonyl (C=O) groups excluding carboxylic acids is 1. The van der Waals surface area contributed by atoms with E-state index in [1.165, 1.54) is 0 Å². The van der Waals surface area contributed by atoms with E-state index in [9.17, 15) is 4.79 Å². The van der Waals surface area contributed by atoms with Crippen LogP contribution in [0.2, 0.25) is 0 Å². The molecular formula is C11H20N4O2. The van der Waals surface area contributed by atoms with E-state index in [0.29, 0.717) is 18.5 Å². The van der Waals surface area contributed by atoms with Gasteiger partial charge in [0.05, 0.1) is 11.4 Å². The van der Waals surface area contributed by atoms with Crippen molar-refractivity contribution in [3.05, 3.63) is 11.4 Å². The molecular weight excluding hydrogens is 220 g/mol. The third-order valence-corrected chi connectivity index (χ3v) is 2.76. The van der Waals surface area contributed by atoms with Gasteiger partial charge in [-0.2, -0.15) is 5.10 Å². The molecule has 0 spiro atoms. The minimum Gasteiger partial charge on any atom is -0.396 e. The van der Waals surface area contributed by atoms with E-state index in [1.807, 2.05) is 13.8 Å². The van der Waals surface area contributed by atoms with Gasteiger partial charge in [0.25, 0.3) is 5.91 Å². The van der Waals surface area contributed by atoms with Gasteiger partial charge in [-0.3, -0.25) is 9.89 Å². The van der Waals surface area contributed by atoms with Crippen LogP contribution in [-0.2, 0) is 6.42 Å². The number of nitrogens with two attached hydrogens (primary N) is 1. The van der Waals surface area contributed by atoms with Gasteiger partial charge >= 0.3 is 0 Å². The van der Waals surface area contributed by atoms with Crippen LogP contribution in [0.15, 0.2) is 0 Å². The van der Waals surface area contributed by atoms with Gasteiger partial charge in [0, 0.05) is 12.6 Å². The maximum Gasteiger partial charge on any atom is 0.274 e. The maximum atomic E-state index is 11.9. The van der Waals surface area contributed by atoms with Crippen LogP contribution in [-0.4, -0.2) is 33.9 Å². The summed E-state index contributed by atoms with van der Waals surface area (Å²) in [5.41, 5.74) is 7.21. The predicted molar refractivity (Wildman–Crippen MR) is 65.6 cm³/mol. The largest absolute Gasteiger partial charge is 0.396 e. The molecule has 1 heterocycles. The Morgan fingerprint density at radius 3 is 2.76 bits per heavy atom. The number of aliphatic hydroxyl groups excluding tert-OH is 1. The molecule has 0 bridgehead atoms. The SMILES string of the molecule is CCc1[nH]nc(C(=O)NC(CC)CCO)c1N. The molecule has 1 aromatic rings. The van der Waals surface area contributed by atoms with Crippen LogP contribution < -0.4 is 11.1 Å². The summed E-state index contributed by atoms with van der Waals surface area (Å²) in [6, 6.07) is -0.0475. The summed E-state index contributed by atoms with van der Waals surface area (Å²) in [5, 5.41) is 18.3. The minimum atomic E-state index is -0.293. The quantitative estimate of drug-likeness (QED) is 0.579. The molecule has 0 aliphatic heterocycles. The fourth-order valence-corrected chi connectivity index (χ4v) is 1.62. The van der Waals surface area contributed by atoms with Crippen LogP contribution in [0, 0.1) is 0 Å². The zero-order valence-corrected chi connectivity index (χ0v) is 10.3. The third kappa shape index (κ3) is 3.20. The van der Waals surface area contributed by atoms with Gasteiger partial charge < -0.3 is 16.2 Å². The van der Waals surface area contributed by atoms with Crippen LogP contribution in [0.4, 0.5) is 5.69 Å². The normalized spacial score (nSPS) is 12.4. The summed E-state index contributed by atoms with van der Waals surface area (Å²) in [6.45, 7) is 3.94. The van der Waals surface area contributed by atoms with Crippen molar-refractivity contribution in [3.8, 4) is 0 Å². The minimum absolute atomic E-state index is 0.0475. The van der Waals surface area contributed by atoms with Gasteiger partial charge in [-0.25, -0.2) is 0 Å². The number of aryl methyl sites for hydroxylation is 1. The highest BCUT2D eigenvalue weighted by Crippen LogP contribution is 2.14. The average molecular weight is 240 g/mol. The van der Waals surface area contributed by atoms with E-state index < -0.39 is 0 Å². The number of amides is 1. The molecule has 5 N–H and O–H groups in total. The molecule has 0 aromatic carbocycles. The summed E-state index contributed by atoms with van der Waals surface area (Å²) in [6.07, 6.45) is 2.00. The number of hydrogen-bond donors (Lipinski definition) is 4. The number of aromatic amines is 1. The maximum absolute atomic E-state index is 11.9. The van der Waals surface area contributed by atoms with Crippen molar-refractivity contribution in [2.45, 2.75) is 39.2 Å². The van der Waals surface area contributed by atoms with E-state index >= 15 is 0 Å². The number of aromatic nitrogens is 2. The van der Waals surface area contributed by atoms with Crippen molar-refractivity contribution in [1.29, 1.82) is 0 Å². The summed E-state index contributed by atoms with van der Waals surface area (Å²) in [7, 11) is 0. The molecule has 1 atom stereocenters. The molecule has 0 saturated heterocycles. The fourth-order valence-electron chi connectivity index (χ4n) is 1.62. The zero-order chi connectivity index (χ0) is 12.8. The Morgan fingerprint density at radius 1 is 1.59 bits per heavy atom. The average Bonchev–Trinajstić information content (AvgIpc) is 2.69. The standard InChI is InChI=1S/C11H20N4O2/c1-3-7(5-6-16)13-11(17)10-9(12)8(4-2)14-15-10/h7,16H,3-6,12H2,1-2H3,(H,13,17)(H,14,15). The highest BCUT2D eigenvalue weighted by atomic mass is 16.3. The molecule has 96 valence electrons. The van der Waals surface area contributed by atoms with Gasteiger partial charge in [0.15, 0.2) is 5.69 Å². The summed E-state index contributed by atoms with van der Waals surface area (Å²) < 4.78 is 0. The number of H-pyrrole nitrogens is 1. The van der Waals surface area contributed by atoms with E-state index in [0.717, 1.165) is 12.1 Å². The molecule has 1 aromatic heterocycles. The smallest absolute Gasteiger partial charge is 0.274 e. The van der Waals surface area contributed by atoms with E-state index in [2.05, 4.69) is 15.5 Å². The number of nitrogen functional groups attached to an aromatic ring is 1. The highest BCUT2D eigenvalue weighted by molar-refractivity contribution is 5.97.